The van der Waals surface area contributed by atoms with Crippen molar-refractivity contribution in [3.8, 4) is 0 Å². The van der Waals surface area contributed by atoms with Crippen LogP contribution in [0.1, 0.15) is 41.8 Å². The van der Waals surface area contributed by atoms with Crippen molar-refractivity contribution in [3.63, 3.8) is 0 Å². The number of guanidine groups is 1. The average molecular weight is 362 g/mol. The van der Waals surface area contributed by atoms with Crippen LogP contribution in [0.3, 0.4) is 0 Å². The van der Waals surface area contributed by atoms with E-state index in [0.29, 0.717) is 6.04 Å². The summed E-state index contributed by atoms with van der Waals surface area (Å²) in [6, 6.07) is 0.330. The summed E-state index contributed by atoms with van der Waals surface area (Å²) in [6.07, 6.45) is 6.85. The van der Waals surface area contributed by atoms with Crippen molar-refractivity contribution in [2.24, 2.45) is 4.99 Å². The third kappa shape index (κ3) is 4.56. The van der Waals surface area contributed by atoms with E-state index in [9.17, 15) is 0 Å². The molecule has 0 bridgehead atoms. The number of hydrogen-bond acceptors (Lipinski definition) is 5. The zero-order chi connectivity index (χ0) is 17.6. The van der Waals surface area contributed by atoms with Gasteiger partial charge in [-0.05, 0) is 12.8 Å². The van der Waals surface area contributed by atoms with Gasteiger partial charge in [0, 0.05) is 50.0 Å². The normalized spacial score (nSPS) is 17.4. The monoisotopic (exact) mass is 361 g/mol. The lowest BCUT2D eigenvalue weighted by molar-refractivity contribution is 0.392. The summed E-state index contributed by atoms with van der Waals surface area (Å²) in [4.78, 5) is 14.7. The van der Waals surface area contributed by atoms with Crippen molar-refractivity contribution in [2.75, 3.05) is 13.6 Å². The lowest BCUT2D eigenvalue weighted by atomic mass is 10.1. The third-order valence-electron chi connectivity index (χ3n) is 4.36. The molecule has 3 rings (SSSR count). The largest absolute Gasteiger partial charge is 0.356 e. The van der Waals surface area contributed by atoms with Crippen LogP contribution in [-0.4, -0.2) is 45.3 Å². The fourth-order valence-corrected chi connectivity index (χ4v) is 3.79. The molecule has 136 valence electrons. The number of nitrogens with zero attached hydrogens (tertiary/aromatic N) is 5. The van der Waals surface area contributed by atoms with E-state index in [-0.39, 0.29) is 0 Å². The molecule has 2 N–H and O–H groups in total. The Balaban J connectivity index is 1.47. The van der Waals surface area contributed by atoms with Gasteiger partial charge in [0.05, 0.1) is 11.6 Å². The van der Waals surface area contributed by atoms with Crippen molar-refractivity contribution in [1.29, 1.82) is 0 Å². The maximum atomic E-state index is 4.57. The molecule has 2 aromatic rings. The highest BCUT2D eigenvalue weighted by atomic mass is 32.1. The Labute approximate surface area is 153 Å². The molecular weight excluding hydrogens is 334 g/mol. The zero-order valence-electron chi connectivity index (χ0n) is 15.2. The molecule has 0 spiro atoms. The molecule has 8 heteroatoms. The zero-order valence-corrected chi connectivity index (χ0v) is 16.1. The van der Waals surface area contributed by atoms with Gasteiger partial charge in [0.15, 0.2) is 11.8 Å². The van der Waals surface area contributed by atoms with Crippen molar-refractivity contribution in [2.45, 2.75) is 58.5 Å². The molecule has 25 heavy (non-hydrogen) atoms. The Morgan fingerprint density at radius 1 is 1.40 bits per heavy atom. The Morgan fingerprint density at radius 2 is 2.28 bits per heavy atom. The third-order valence-corrected chi connectivity index (χ3v) is 5.57. The number of nitrogens with one attached hydrogen (secondary N) is 2. The summed E-state index contributed by atoms with van der Waals surface area (Å²) in [5.74, 6) is 2.89. The SMILES string of the molecule is CCc1nc2n(n1)CC(NC(=NC)NCCc1ncc(CC)s1)CC2. The first-order valence-corrected chi connectivity index (χ1v) is 9.86. The van der Waals surface area contributed by atoms with E-state index in [4.69, 9.17) is 0 Å². The molecule has 1 aliphatic rings. The van der Waals surface area contributed by atoms with Crippen molar-refractivity contribution < 1.29 is 0 Å². The number of fused-ring (bicyclic) bond motifs is 1. The molecule has 0 fully saturated rings. The molecule has 0 saturated carbocycles. The molecule has 1 aliphatic heterocycles. The molecule has 0 radical (unpaired) electrons. The topological polar surface area (TPSA) is 80.0 Å². The van der Waals surface area contributed by atoms with E-state index in [2.05, 4.69) is 44.5 Å². The van der Waals surface area contributed by atoms with Crippen LogP contribution in [0.4, 0.5) is 0 Å². The van der Waals surface area contributed by atoms with E-state index in [1.54, 1.807) is 11.3 Å². The summed E-state index contributed by atoms with van der Waals surface area (Å²) >= 11 is 1.79. The lowest BCUT2D eigenvalue weighted by Crippen LogP contribution is -2.47. The summed E-state index contributed by atoms with van der Waals surface area (Å²) in [5, 5.41) is 12.6. The summed E-state index contributed by atoms with van der Waals surface area (Å²) in [7, 11) is 1.81. The molecule has 0 aromatic carbocycles. The molecule has 0 saturated heterocycles. The van der Waals surface area contributed by atoms with E-state index < -0.39 is 0 Å². The highest BCUT2D eigenvalue weighted by molar-refractivity contribution is 7.11. The quantitative estimate of drug-likeness (QED) is 0.603. The summed E-state index contributed by atoms with van der Waals surface area (Å²) < 4.78 is 2.04. The molecule has 0 amide bonds. The van der Waals surface area contributed by atoms with Crippen molar-refractivity contribution >= 4 is 17.3 Å². The minimum Gasteiger partial charge on any atom is -0.356 e. The van der Waals surface area contributed by atoms with Crippen LogP contribution in [0, 0.1) is 0 Å². The molecule has 0 aliphatic carbocycles. The predicted octanol–water partition coefficient (Wildman–Crippen LogP) is 1.58. The first kappa shape index (κ1) is 17.8. The van der Waals surface area contributed by atoms with Crippen LogP contribution < -0.4 is 10.6 Å². The fraction of sp³-hybridized carbons (Fsp3) is 0.647. The van der Waals surface area contributed by atoms with Gasteiger partial charge < -0.3 is 10.6 Å². The smallest absolute Gasteiger partial charge is 0.191 e. The number of thiazole rings is 1. The molecule has 3 heterocycles. The van der Waals surface area contributed by atoms with E-state index >= 15 is 0 Å². The van der Waals surface area contributed by atoms with E-state index in [0.717, 1.165) is 62.8 Å². The molecule has 2 aromatic heterocycles. The van der Waals surface area contributed by atoms with Crippen LogP contribution in [0.2, 0.25) is 0 Å². The molecule has 1 atom stereocenters. The second-order valence-corrected chi connectivity index (χ2v) is 7.38. The number of hydrogen-bond donors (Lipinski definition) is 2. The predicted molar refractivity (Wildman–Crippen MR) is 101 cm³/mol. The second kappa shape index (κ2) is 8.42. The van der Waals surface area contributed by atoms with Crippen molar-refractivity contribution in [3.05, 3.63) is 27.7 Å². The van der Waals surface area contributed by atoms with Crippen LogP contribution in [0.25, 0.3) is 0 Å². The standard InChI is InChI=1S/C17H27N7S/c1-4-13-10-20-16(25-13)8-9-19-17(18-3)21-12-6-7-15-22-14(5-2)23-24(15)11-12/h10,12H,4-9,11H2,1-3H3,(H2,18,19,21). The molecule has 1 unspecified atom stereocenters. The fourth-order valence-electron chi connectivity index (χ4n) is 2.93. The highest BCUT2D eigenvalue weighted by Gasteiger charge is 2.21. The first-order chi connectivity index (χ1) is 12.2. The molecular formula is C17H27N7S. The van der Waals surface area contributed by atoms with Gasteiger partial charge in [-0.1, -0.05) is 13.8 Å². The second-order valence-electron chi connectivity index (χ2n) is 6.18. The van der Waals surface area contributed by atoms with Crippen LogP contribution >= 0.6 is 11.3 Å². The Bertz CT molecular complexity index is 718. The Hall–Kier alpha value is -1.96. The van der Waals surface area contributed by atoms with Gasteiger partial charge in [-0.15, -0.1) is 11.3 Å². The average Bonchev–Trinajstić information content (AvgIpc) is 3.26. The highest BCUT2D eigenvalue weighted by Crippen LogP contribution is 2.14. The Morgan fingerprint density at radius 3 is 3.00 bits per heavy atom. The maximum absolute atomic E-state index is 4.57. The van der Waals surface area contributed by atoms with Gasteiger partial charge in [-0.3, -0.25) is 4.99 Å². The van der Waals surface area contributed by atoms with Gasteiger partial charge in [0.2, 0.25) is 0 Å². The van der Waals surface area contributed by atoms with Crippen LogP contribution in [0.15, 0.2) is 11.2 Å². The lowest BCUT2D eigenvalue weighted by Gasteiger charge is -2.25. The minimum atomic E-state index is 0.330. The van der Waals surface area contributed by atoms with Crippen molar-refractivity contribution in [1.82, 2.24) is 30.4 Å². The Kier molecular flexibility index (Phi) is 6.01. The first-order valence-electron chi connectivity index (χ1n) is 9.05. The number of aryl methyl sites for hydroxylation is 3. The van der Waals surface area contributed by atoms with Gasteiger partial charge in [0.1, 0.15) is 5.82 Å². The van der Waals surface area contributed by atoms with Gasteiger partial charge in [0.25, 0.3) is 0 Å². The van der Waals surface area contributed by atoms with Gasteiger partial charge >= 0.3 is 0 Å². The van der Waals surface area contributed by atoms with E-state index in [1.165, 1.54) is 9.88 Å². The van der Waals surface area contributed by atoms with E-state index in [1.807, 2.05) is 17.9 Å². The molecule has 7 nitrogen and oxygen atoms in total. The summed E-state index contributed by atoms with van der Waals surface area (Å²) in [6.45, 7) is 5.93. The number of aromatic nitrogens is 4. The maximum Gasteiger partial charge on any atom is 0.191 e. The van der Waals surface area contributed by atoms with Gasteiger partial charge in [-0.2, -0.15) is 5.10 Å². The summed E-state index contributed by atoms with van der Waals surface area (Å²) in [5.41, 5.74) is 0. The number of aliphatic imine (C=N–C) groups is 1. The number of rotatable bonds is 6. The van der Waals surface area contributed by atoms with Gasteiger partial charge in [-0.25, -0.2) is 14.6 Å². The van der Waals surface area contributed by atoms with Crippen LogP contribution in [-0.2, 0) is 32.2 Å². The minimum absolute atomic E-state index is 0.330. The van der Waals surface area contributed by atoms with Crippen LogP contribution in [0.5, 0.6) is 0 Å².